The molecule has 6 nitrogen and oxygen atoms in total. The molecule has 0 saturated heterocycles. The average molecular weight is 317 g/mol. The number of nitrogens with one attached hydrogen (secondary N) is 2. The van der Waals surface area contributed by atoms with Crippen molar-refractivity contribution < 1.29 is 13.5 Å². The minimum Gasteiger partial charge on any atom is -0.374 e. The molecule has 2 heterocycles. The maximum Gasteiger partial charge on any atom is 0.261 e. The highest BCUT2D eigenvalue weighted by atomic mass is 32.1. The highest BCUT2D eigenvalue weighted by Crippen LogP contribution is 2.30. The fourth-order valence-electron chi connectivity index (χ4n) is 1.76. The Morgan fingerprint density at radius 2 is 2.24 bits per heavy atom. The van der Waals surface area contributed by atoms with Gasteiger partial charge in [-0.2, -0.15) is 4.98 Å². The van der Waals surface area contributed by atoms with Crippen molar-refractivity contribution >= 4 is 33.3 Å². The van der Waals surface area contributed by atoms with Crippen LogP contribution in [0.3, 0.4) is 0 Å². The predicted octanol–water partition coefficient (Wildman–Crippen LogP) is 2.23. The molecule has 0 amide bonds. The highest BCUT2D eigenvalue weighted by molar-refractivity contribution is 7.18. The minimum atomic E-state index is -2.45. The van der Waals surface area contributed by atoms with Crippen molar-refractivity contribution in [1.29, 1.82) is 0 Å². The van der Waals surface area contributed by atoms with Gasteiger partial charge in [-0.3, -0.25) is 5.43 Å². The van der Waals surface area contributed by atoms with Crippen LogP contribution >= 0.6 is 11.3 Å². The van der Waals surface area contributed by atoms with Gasteiger partial charge in [0.2, 0.25) is 5.95 Å². The number of nitrogens with two attached hydrogens (primary N) is 1. The quantitative estimate of drug-likeness (QED) is 0.393. The lowest BCUT2D eigenvalue weighted by molar-refractivity contribution is 0.0215. The van der Waals surface area contributed by atoms with Crippen LogP contribution in [0.1, 0.15) is 11.8 Å². The summed E-state index contributed by atoms with van der Waals surface area (Å²) >= 11 is 1.57. The Labute approximate surface area is 124 Å². The Morgan fingerprint density at radius 1 is 1.43 bits per heavy atom. The number of alkyl halides is 2. The molecule has 0 radical (unpaired) electrons. The van der Waals surface area contributed by atoms with E-state index in [1.54, 1.807) is 11.3 Å². The first-order chi connectivity index (χ1) is 10.1. The second-order valence-corrected chi connectivity index (χ2v) is 5.33. The number of fused-ring (bicyclic) bond motifs is 1. The van der Waals surface area contributed by atoms with E-state index in [9.17, 15) is 8.78 Å². The molecule has 116 valence electrons. The predicted molar refractivity (Wildman–Crippen MR) is 79.9 cm³/mol. The molecule has 0 spiro atoms. The molecule has 0 aromatic carbocycles. The van der Waals surface area contributed by atoms with Gasteiger partial charge in [-0.15, -0.1) is 11.3 Å². The third-order valence-corrected chi connectivity index (χ3v) is 3.88. The van der Waals surface area contributed by atoms with Gasteiger partial charge in [-0.1, -0.05) is 6.92 Å². The zero-order chi connectivity index (χ0) is 15.2. The Balaban J connectivity index is 2.08. The van der Waals surface area contributed by atoms with Crippen LogP contribution in [0.25, 0.3) is 10.2 Å². The van der Waals surface area contributed by atoms with E-state index in [-0.39, 0.29) is 6.61 Å². The molecule has 2 aromatic rings. The molecule has 2 aromatic heterocycles. The third-order valence-electron chi connectivity index (χ3n) is 2.70. The van der Waals surface area contributed by atoms with Crippen molar-refractivity contribution in [1.82, 2.24) is 9.97 Å². The fourth-order valence-corrected chi connectivity index (χ4v) is 2.73. The molecule has 21 heavy (non-hydrogen) atoms. The van der Waals surface area contributed by atoms with Crippen LogP contribution in [0.5, 0.6) is 0 Å². The van der Waals surface area contributed by atoms with Crippen LogP contribution in [0, 0.1) is 0 Å². The normalized spacial score (nSPS) is 11.3. The Bertz CT molecular complexity index is 592. The number of hydrogen-bond donors (Lipinski definition) is 3. The van der Waals surface area contributed by atoms with Crippen LogP contribution in [-0.4, -0.2) is 36.2 Å². The van der Waals surface area contributed by atoms with Crippen LogP contribution in [0.15, 0.2) is 6.07 Å². The van der Waals surface area contributed by atoms with Gasteiger partial charge in [-0.25, -0.2) is 19.6 Å². The number of halogens is 2. The zero-order valence-electron chi connectivity index (χ0n) is 11.5. The molecule has 0 fully saturated rings. The molecule has 0 aliphatic rings. The van der Waals surface area contributed by atoms with Gasteiger partial charge in [0.15, 0.2) is 0 Å². The second kappa shape index (κ2) is 7.43. The van der Waals surface area contributed by atoms with Gasteiger partial charge in [0.05, 0.1) is 12.0 Å². The molecular weight excluding hydrogens is 300 g/mol. The van der Waals surface area contributed by atoms with Crippen LogP contribution < -0.4 is 16.6 Å². The summed E-state index contributed by atoms with van der Waals surface area (Å²) < 4.78 is 28.7. The largest absolute Gasteiger partial charge is 0.374 e. The first-order valence-electron chi connectivity index (χ1n) is 6.50. The number of nitrogens with zero attached hydrogens (tertiary/aromatic N) is 2. The maximum atomic E-state index is 11.9. The van der Waals surface area contributed by atoms with E-state index in [2.05, 4.69) is 27.6 Å². The number of hydrazine groups is 1. The van der Waals surface area contributed by atoms with Crippen molar-refractivity contribution in [2.75, 3.05) is 30.5 Å². The summed E-state index contributed by atoms with van der Waals surface area (Å²) in [5.41, 5.74) is 2.42. The molecule has 0 aliphatic carbocycles. The van der Waals surface area contributed by atoms with Crippen molar-refractivity contribution in [3.05, 3.63) is 10.9 Å². The second-order valence-electron chi connectivity index (χ2n) is 4.22. The first-order valence-corrected chi connectivity index (χ1v) is 7.32. The van der Waals surface area contributed by atoms with Crippen molar-refractivity contribution in [2.24, 2.45) is 5.84 Å². The van der Waals surface area contributed by atoms with Crippen LogP contribution in [0.4, 0.5) is 20.5 Å². The Kier molecular flexibility index (Phi) is 5.59. The number of hydrogen-bond acceptors (Lipinski definition) is 7. The van der Waals surface area contributed by atoms with Crippen molar-refractivity contribution in [3.8, 4) is 0 Å². The molecule has 4 N–H and O–H groups in total. The molecule has 0 unspecified atom stereocenters. The molecule has 0 atom stereocenters. The maximum absolute atomic E-state index is 11.9. The average Bonchev–Trinajstić information content (AvgIpc) is 2.89. The Hall–Kier alpha value is -1.58. The highest BCUT2D eigenvalue weighted by Gasteiger charge is 2.11. The first kappa shape index (κ1) is 15.8. The van der Waals surface area contributed by atoms with Gasteiger partial charge >= 0.3 is 0 Å². The number of nitrogen functional groups attached to an aromatic ring is 1. The van der Waals surface area contributed by atoms with E-state index >= 15 is 0 Å². The zero-order valence-corrected chi connectivity index (χ0v) is 12.3. The summed E-state index contributed by atoms with van der Waals surface area (Å²) in [6.07, 6.45) is -1.55. The molecule has 0 aliphatic heterocycles. The number of rotatable bonds is 8. The smallest absolute Gasteiger partial charge is 0.261 e. The van der Waals surface area contributed by atoms with Crippen molar-refractivity contribution in [3.63, 3.8) is 0 Å². The van der Waals surface area contributed by atoms with E-state index in [0.29, 0.717) is 18.3 Å². The summed E-state index contributed by atoms with van der Waals surface area (Å²) in [6, 6.07) is 2.02. The number of aromatic nitrogens is 2. The van der Waals surface area contributed by atoms with E-state index in [1.807, 2.05) is 6.07 Å². The topological polar surface area (TPSA) is 85.1 Å². The Morgan fingerprint density at radius 3 is 2.90 bits per heavy atom. The molecule has 0 saturated carbocycles. The van der Waals surface area contributed by atoms with Crippen LogP contribution in [-0.2, 0) is 11.2 Å². The van der Waals surface area contributed by atoms with Crippen LogP contribution in [0.2, 0.25) is 0 Å². The lowest BCUT2D eigenvalue weighted by Gasteiger charge is -2.08. The lowest BCUT2D eigenvalue weighted by atomic mass is 10.3. The van der Waals surface area contributed by atoms with Gasteiger partial charge < -0.3 is 10.1 Å². The standard InChI is InChI=1S/C12H17F2N5OS/c1-2-7-5-8-10(16-3-4-20-6-9(13)14)17-12(19-15)18-11(8)21-7/h5,9H,2-4,6,15H2,1H3,(H2,16,17,18,19). The van der Waals surface area contributed by atoms with Gasteiger partial charge in [0.25, 0.3) is 6.43 Å². The number of ether oxygens (including phenoxy) is 1. The number of anilines is 2. The van der Waals surface area contributed by atoms with Crippen molar-refractivity contribution in [2.45, 2.75) is 19.8 Å². The van der Waals surface area contributed by atoms with E-state index in [0.717, 1.165) is 16.6 Å². The molecular formula is C12H17F2N5OS. The summed E-state index contributed by atoms with van der Waals surface area (Å²) in [5.74, 6) is 6.28. The van der Waals surface area contributed by atoms with Gasteiger partial charge in [0, 0.05) is 11.4 Å². The van der Waals surface area contributed by atoms with E-state index < -0.39 is 13.0 Å². The van der Waals surface area contributed by atoms with Gasteiger partial charge in [0.1, 0.15) is 17.3 Å². The van der Waals surface area contributed by atoms with E-state index in [4.69, 9.17) is 10.6 Å². The lowest BCUT2D eigenvalue weighted by Crippen LogP contribution is -2.15. The van der Waals surface area contributed by atoms with Gasteiger partial charge in [-0.05, 0) is 12.5 Å². The monoisotopic (exact) mass is 317 g/mol. The SMILES string of the molecule is CCc1cc2c(NCCOCC(F)F)nc(NN)nc2s1. The third kappa shape index (κ3) is 4.19. The number of aryl methyl sites for hydroxylation is 1. The fraction of sp³-hybridized carbons (Fsp3) is 0.500. The minimum absolute atomic E-state index is 0.173. The summed E-state index contributed by atoms with van der Waals surface area (Å²) in [6.45, 7) is 2.05. The molecule has 0 bridgehead atoms. The summed E-state index contributed by atoms with van der Waals surface area (Å²) in [4.78, 5) is 10.5. The molecule has 9 heteroatoms. The summed E-state index contributed by atoms with van der Waals surface area (Å²) in [5, 5.41) is 3.96. The summed E-state index contributed by atoms with van der Waals surface area (Å²) in [7, 11) is 0. The van der Waals surface area contributed by atoms with E-state index in [1.165, 1.54) is 4.88 Å². The number of thiophene rings is 1. The molecule has 2 rings (SSSR count).